The minimum Gasteiger partial charge on any atom is -0.493 e. The minimum atomic E-state index is -3.44. The lowest BCUT2D eigenvalue weighted by Gasteiger charge is -2.16. The highest BCUT2D eigenvalue weighted by molar-refractivity contribution is 7.92. The number of carbonyl (C=O) groups excluding carboxylic acids is 1. The van der Waals surface area contributed by atoms with Crippen LogP contribution in [0.15, 0.2) is 30.3 Å². The first-order chi connectivity index (χ1) is 13.2. The van der Waals surface area contributed by atoms with Crippen molar-refractivity contribution in [3.8, 4) is 17.2 Å². The number of ether oxygens (including phenoxy) is 3. The van der Waals surface area contributed by atoms with Crippen molar-refractivity contribution in [1.29, 1.82) is 0 Å². The molecule has 2 rings (SSSR count). The number of sulfonamides is 1. The number of rotatable bonds is 8. The third-order valence-corrected chi connectivity index (χ3v) is 4.69. The van der Waals surface area contributed by atoms with E-state index in [9.17, 15) is 13.2 Å². The molecule has 0 heterocycles. The molecule has 0 bridgehead atoms. The first-order valence-corrected chi connectivity index (χ1v) is 10.2. The van der Waals surface area contributed by atoms with Gasteiger partial charge in [0.05, 0.1) is 33.3 Å². The standard InChI is InChI=1S/C19H24N2O6S/c1-12-14(7-6-8-15(12)21-28(5,23)24)19(22)20-11-13-9-10-16(25-2)18(27-4)17(13)26-3/h6-10,21H,11H2,1-5H3,(H,20,22). The van der Waals surface area contributed by atoms with Gasteiger partial charge in [-0.05, 0) is 36.8 Å². The molecule has 2 aromatic rings. The molecule has 2 N–H and O–H groups in total. The summed E-state index contributed by atoms with van der Waals surface area (Å²) in [7, 11) is 1.10. The molecule has 0 fully saturated rings. The third kappa shape index (κ3) is 4.86. The molecule has 9 heteroatoms. The lowest BCUT2D eigenvalue weighted by atomic mass is 10.1. The van der Waals surface area contributed by atoms with E-state index in [1.807, 2.05) is 0 Å². The molecule has 0 atom stereocenters. The third-order valence-electron chi connectivity index (χ3n) is 4.10. The lowest BCUT2D eigenvalue weighted by molar-refractivity contribution is 0.0950. The van der Waals surface area contributed by atoms with Crippen LogP contribution in [0.25, 0.3) is 0 Å². The van der Waals surface area contributed by atoms with E-state index >= 15 is 0 Å². The molecule has 0 saturated carbocycles. The topological polar surface area (TPSA) is 103 Å². The summed E-state index contributed by atoms with van der Waals surface area (Å²) in [6.07, 6.45) is 1.06. The first kappa shape index (κ1) is 21.4. The molecular formula is C19H24N2O6S. The monoisotopic (exact) mass is 408 g/mol. The summed E-state index contributed by atoms with van der Waals surface area (Å²) in [5.74, 6) is 1.08. The summed E-state index contributed by atoms with van der Waals surface area (Å²) in [5.41, 5.74) is 1.97. The van der Waals surface area contributed by atoms with Crippen LogP contribution in [0.2, 0.25) is 0 Å². The molecule has 152 valence electrons. The zero-order valence-corrected chi connectivity index (χ0v) is 17.3. The summed E-state index contributed by atoms with van der Waals surface area (Å²) >= 11 is 0. The molecule has 0 aliphatic carbocycles. The number of methoxy groups -OCH3 is 3. The SMILES string of the molecule is COc1ccc(CNC(=O)c2cccc(NS(C)(=O)=O)c2C)c(OC)c1OC. The van der Waals surface area contributed by atoms with Gasteiger partial charge >= 0.3 is 0 Å². The average Bonchev–Trinajstić information content (AvgIpc) is 2.65. The van der Waals surface area contributed by atoms with Gasteiger partial charge in [0.2, 0.25) is 15.8 Å². The largest absolute Gasteiger partial charge is 0.493 e. The van der Waals surface area contributed by atoms with Gasteiger partial charge in [-0.3, -0.25) is 9.52 Å². The number of carbonyl (C=O) groups is 1. The highest BCUT2D eigenvalue weighted by atomic mass is 32.2. The molecular weight excluding hydrogens is 384 g/mol. The van der Waals surface area contributed by atoms with E-state index in [2.05, 4.69) is 10.0 Å². The van der Waals surface area contributed by atoms with E-state index < -0.39 is 10.0 Å². The Balaban J connectivity index is 2.25. The number of nitrogens with one attached hydrogen (secondary N) is 2. The van der Waals surface area contributed by atoms with E-state index in [0.717, 1.165) is 6.26 Å². The first-order valence-electron chi connectivity index (χ1n) is 8.35. The second-order valence-electron chi connectivity index (χ2n) is 6.03. The number of amides is 1. The molecule has 0 radical (unpaired) electrons. The maximum Gasteiger partial charge on any atom is 0.251 e. The Morgan fingerprint density at radius 3 is 2.25 bits per heavy atom. The van der Waals surface area contributed by atoms with Gasteiger partial charge in [0, 0.05) is 17.7 Å². The molecule has 2 aromatic carbocycles. The van der Waals surface area contributed by atoms with Crippen LogP contribution in [-0.2, 0) is 16.6 Å². The Morgan fingerprint density at radius 1 is 1.00 bits per heavy atom. The van der Waals surface area contributed by atoms with Crippen LogP contribution in [-0.4, -0.2) is 41.9 Å². The smallest absolute Gasteiger partial charge is 0.251 e. The summed E-state index contributed by atoms with van der Waals surface area (Å²) in [4.78, 5) is 12.6. The summed E-state index contributed by atoms with van der Waals surface area (Å²) in [5, 5.41) is 2.82. The van der Waals surface area contributed by atoms with Crippen molar-refractivity contribution in [2.75, 3.05) is 32.3 Å². The molecule has 8 nitrogen and oxygen atoms in total. The van der Waals surface area contributed by atoms with Gasteiger partial charge in [-0.2, -0.15) is 0 Å². The molecule has 1 amide bonds. The minimum absolute atomic E-state index is 0.186. The van der Waals surface area contributed by atoms with E-state index in [1.54, 1.807) is 37.3 Å². The average molecular weight is 408 g/mol. The van der Waals surface area contributed by atoms with Crippen molar-refractivity contribution < 1.29 is 27.4 Å². The predicted octanol–water partition coefficient (Wildman–Crippen LogP) is 2.32. The van der Waals surface area contributed by atoms with Crippen LogP contribution < -0.4 is 24.2 Å². The molecule has 0 aliphatic rings. The van der Waals surface area contributed by atoms with Crippen LogP contribution >= 0.6 is 0 Å². The van der Waals surface area contributed by atoms with E-state index in [4.69, 9.17) is 14.2 Å². The van der Waals surface area contributed by atoms with Crippen LogP contribution in [0.5, 0.6) is 17.2 Å². The van der Waals surface area contributed by atoms with Gasteiger partial charge in [0.1, 0.15) is 0 Å². The van der Waals surface area contributed by atoms with Gasteiger partial charge in [-0.25, -0.2) is 8.42 Å². The normalized spacial score (nSPS) is 10.9. The van der Waals surface area contributed by atoms with Gasteiger partial charge in [0.25, 0.3) is 5.91 Å². The van der Waals surface area contributed by atoms with Crippen molar-refractivity contribution in [2.45, 2.75) is 13.5 Å². The maximum atomic E-state index is 12.6. The zero-order valence-electron chi connectivity index (χ0n) is 16.5. The molecule has 0 aromatic heterocycles. The Hall–Kier alpha value is -2.94. The lowest BCUT2D eigenvalue weighted by Crippen LogP contribution is -2.24. The van der Waals surface area contributed by atoms with E-state index in [-0.39, 0.29) is 12.5 Å². The fourth-order valence-electron chi connectivity index (χ4n) is 2.77. The Bertz CT molecular complexity index is 973. The summed E-state index contributed by atoms with van der Waals surface area (Å²) in [6, 6.07) is 8.35. The van der Waals surface area contributed by atoms with Gasteiger partial charge in [-0.15, -0.1) is 0 Å². The molecule has 28 heavy (non-hydrogen) atoms. The molecule has 0 unspecified atom stereocenters. The fraction of sp³-hybridized carbons (Fsp3) is 0.316. The summed E-state index contributed by atoms with van der Waals surface area (Å²) < 4.78 is 41.4. The second kappa shape index (κ2) is 8.83. The van der Waals surface area contributed by atoms with Crippen molar-refractivity contribution in [3.05, 3.63) is 47.0 Å². The number of hydrogen-bond acceptors (Lipinski definition) is 6. The highest BCUT2D eigenvalue weighted by Gasteiger charge is 2.18. The van der Waals surface area contributed by atoms with Crippen LogP contribution in [0, 0.1) is 6.92 Å². The van der Waals surface area contributed by atoms with Gasteiger partial charge in [-0.1, -0.05) is 6.07 Å². The quantitative estimate of drug-likeness (QED) is 0.695. The predicted molar refractivity (Wildman–Crippen MR) is 107 cm³/mol. The van der Waals surface area contributed by atoms with Crippen molar-refractivity contribution >= 4 is 21.6 Å². The summed E-state index contributed by atoms with van der Waals surface area (Å²) in [6.45, 7) is 1.87. The van der Waals surface area contributed by atoms with Crippen LogP contribution in [0.4, 0.5) is 5.69 Å². The molecule has 0 saturated heterocycles. The van der Waals surface area contributed by atoms with Gasteiger partial charge in [0.15, 0.2) is 11.5 Å². The number of anilines is 1. The van der Waals surface area contributed by atoms with E-state index in [1.165, 1.54) is 21.3 Å². The second-order valence-corrected chi connectivity index (χ2v) is 7.78. The Morgan fingerprint density at radius 2 is 1.68 bits per heavy atom. The van der Waals surface area contributed by atoms with Crippen LogP contribution in [0.3, 0.4) is 0 Å². The van der Waals surface area contributed by atoms with Crippen LogP contribution in [0.1, 0.15) is 21.5 Å². The van der Waals surface area contributed by atoms with Crippen molar-refractivity contribution in [1.82, 2.24) is 5.32 Å². The maximum absolute atomic E-state index is 12.6. The highest BCUT2D eigenvalue weighted by Crippen LogP contribution is 2.39. The Labute approximate surface area is 164 Å². The Kier molecular flexibility index (Phi) is 6.74. The fourth-order valence-corrected chi connectivity index (χ4v) is 3.39. The van der Waals surface area contributed by atoms with Gasteiger partial charge < -0.3 is 19.5 Å². The van der Waals surface area contributed by atoms with Crippen molar-refractivity contribution in [3.63, 3.8) is 0 Å². The number of benzene rings is 2. The molecule has 0 spiro atoms. The molecule has 0 aliphatic heterocycles. The number of hydrogen-bond donors (Lipinski definition) is 2. The van der Waals surface area contributed by atoms with Crippen molar-refractivity contribution in [2.24, 2.45) is 0 Å². The van der Waals surface area contributed by atoms with E-state index in [0.29, 0.717) is 39.6 Å². The zero-order chi connectivity index (χ0) is 20.9.